The number of ether oxygens (including phenoxy) is 1. The minimum atomic E-state index is -0.678. The van der Waals surface area contributed by atoms with Gasteiger partial charge in [-0.2, -0.15) is 0 Å². The Balaban J connectivity index is 3.98. The van der Waals surface area contributed by atoms with Crippen molar-refractivity contribution in [2.24, 2.45) is 0 Å². The maximum absolute atomic E-state index is 12.7. The molecule has 4 nitrogen and oxygen atoms in total. The van der Waals surface area contributed by atoms with E-state index in [0.29, 0.717) is 12.8 Å². The first kappa shape index (κ1) is 44.2. The molecule has 0 spiro atoms. The van der Waals surface area contributed by atoms with Gasteiger partial charge in [0.2, 0.25) is 0 Å². The van der Waals surface area contributed by atoms with Gasteiger partial charge in [-0.3, -0.25) is 9.59 Å². The number of rotatable bonds is 36. The molecule has 0 aliphatic heterocycles. The van der Waals surface area contributed by atoms with E-state index in [0.717, 1.165) is 70.6 Å². The molecule has 4 heteroatoms. The maximum Gasteiger partial charge on any atom is 0.306 e. The summed E-state index contributed by atoms with van der Waals surface area (Å²) in [4.78, 5) is 23.3. The van der Waals surface area contributed by atoms with Crippen LogP contribution in [0.15, 0.2) is 36.5 Å². The van der Waals surface area contributed by atoms with E-state index in [9.17, 15) is 9.59 Å². The van der Waals surface area contributed by atoms with Gasteiger partial charge in [-0.05, 0) is 70.6 Å². The van der Waals surface area contributed by atoms with Gasteiger partial charge in [0.1, 0.15) is 6.10 Å². The first-order valence-corrected chi connectivity index (χ1v) is 20.0. The van der Waals surface area contributed by atoms with Crippen LogP contribution in [0.3, 0.4) is 0 Å². The highest BCUT2D eigenvalue weighted by Crippen LogP contribution is 2.19. The predicted molar refractivity (Wildman–Crippen MR) is 199 cm³/mol. The average molecular weight is 645 g/mol. The zero-order valence-corrected chi connectivity index (χ0v) is 30.6. The number of aliphatic carboxylic acids is 1. The van der Waals surface area contributed by atoms with Crippen LogP contribution in [0.1, 0.15) is 213 Å². The van der Waals surface area contributed by atoms with Crippen molar-refractivity contribution in [2.75, 3.05) is 0 Å². The van der Waals surface area contributed by atoms with E-state index < -0.39 is 5.97 Å². The van der Waals surface area contributed by atoms with Crippen LogP contribution in [0.2, 0.25) is 0 Å². The Morgan fingerprint density at radius 2 is 0.913 bits per heavy atom. The van der Waals surface area contributed by atoms with Gasteiger partial charge < -0.3 is 9.84 Å². The van der Waals surface area contributed by atoms with Gasteiger partial charge in [-0.15, -0.1) is 0 Å². The summed E-state index contributed by atoms with van der Waals surface area (Å²) in [5.41, 5.74) is 0. The summed E-state index contributed by atoms with van der Waals surface area (Å²) in [5, 5.41) is 8.72. The third-order valence-electron chi connectivity index (χ3n) is 8.88. The molecule has 0 saturated carbocycles. The number of carboxylic acids is 1. The van der Waals surface area contributed by atoms with E-state index in [1.807, 2.05) is 0 Å². The van der Waals surface area contributed by atoms with Gasteiger partial charge in [0.05, 0.1) is 0 Å². The van der Waals surface area contributed by atoms with Crippen LogP contribution >= 0.6 is 0 Å². The fraction of sp³-hybridized carbons (Fsp3) is 0.810. The summed E-state index contributed by atoms with van der Waals surface area (Å²) in [6.07, 6.45) is 48.9. The quantitative estimate of drug-likeness (QED) is 0.0419. The Morgan fingerprint density at radius 1 is 0.500 bits per heavy atom. The van der Waals surface area contributed by atoms with Crippen LogP contribution in [-0.4, -0.2) is 23.1 Å². The van der Waals surface area contributed by atoms with Crippen molar-refractivity contribution in [1.29, 1.82) is 0 Å². The molecule has 0 rings (SSSR count). The first-order chi connectivity index (χ1) is 22.6. The number of carbonyl (C=O) groups is 2. The lowest BCUT2D eigenvalue weighted by atomic mass is 10.0. The highest BCUT2D eigenvalue weighted by molar-refractivity contribution is 5.69. The van der Waals surface area contributed by atoms with Crippen LogP contribution in [0, 0.1) is 0 Å². The molecule has 46 heavy (non-hydrogen) atoms. The van der Waals surface area contributed by atoms with E-state index in [1.165, 1.54) is 116 Å². The molecule has 0 radical (unpaired) electrons. The molecule has 0 aromatic rings. The van der Waals surface area contributed by atoms with E-state index in [2.05, 4.69) is 50.3 Å². The zero-order chi connectivity index (χ0) is 33.6. The summed E-state index contributed by atoms with van der Waals surface area (Å²) in [7, 11) is 0. The number of carbonyl (C=O) groups excluding carboxylic acids is 1. The summed E-state index contributed by atoms with van der Waals surface area (Å²) in [6.45, 7) is 4.43. The summed E-state index contributed by atoms with van der Waals surface area (Å²) < 4.78 is 6.03. The van der Waals surface area contributed by atoms with Crippen molar-refractivity contribution in [3.05, 3.63) is 36.5 Å². The third kappa shape index (κ3) is 36.6. The molecule has 1 N–H and O–H groups in total. The second-order valence-corrected chi connectivity index (χ2v) is 13.4. The first-order valence-electron chi connectivity index (χ1n) is 20.0. The van der Waals surface area contributed by atoms with Crippen molar-refractivity contribution in [3.8, 4) is 0 Å². The number of carboxylic acid groups (broad SMARTS) is 1. The fourth-order valence-electron chi connectivity index (χ4n) is 5.96. The van der Waals surface area contributed by atoms with Crippen LogP contribution in [0.4, 0.5) is 0 Å². The lowest BCUT2D eigenvalue weighted by molar-refractivity contribution is -0.150. The number of unbranched alkanes of at least 4 members (excludes halogenated alkanes) is 21. The molecular weight excluding hydrogens is 568 g/mol. The Morgan fingerprint density at radius 3 is 1.41 bits per heavy atom. The highest BCUT2D eigenvalue weighted by atomic mass is 16.5. The zero-order valence-electron chi connectivity index (χ0n) is 30.6. The monoisotopic (exact) mass is 645 g/mol. The molecule has 0 aliphatic rings. The fourth-order valence-corrected chi connectivity index (χ4v) is 5.96. The van der Waals surface area contributed by atoms with E-state index in [-0.39, 0.29) is 12.1 Å². The lowest BCUT2D eigenvalue weighted by Gasteiger charge is -2.18. The van der Waals surface area contributed by atoms with Gasteiger partial charge in [-0.25, -0.2) is 0 Å². The predicted octanol–water partition coefficient (Wildman–Crippen LogP) is 13.8. The highest BCUT2D eigenvalue weighted by Gasteiger charge is 2.14. The largest absolute Gasteiger partial charge is 0.481 e. The molecule has 0 fully saturated rings. The van der Waals surface area contributed by atoms with Crippen molar-refractivity contribution in [3.63, 3.8) is 0 Å². The van der Waals surface area contributed by atoms with E-state index in [4.69, 9.17) is 9.84 Å². The smallest absolute Gasteiger partial charge is 0.306 e. The third-order valence-corrected chi connectivity index (χ3v) is 8.88. The molecule has 0 saturated heterocycles. The number of esters is 1. The number of hydrogen-bond acceptors (Lipinski definition) is 3. The standard InChI is InChI=1S/C42H76O4/c1-3-5-7-9-11-12-13-14-15-16-17-18-19-23-27-31-35-39-42(45)46-40(36-32-28-24-10-8-6-4-2)37-33-29-25-21-20-22-26-30-34-38-41(43)44/h5,7,11-12,14-15,40H,3-4,6,8-10,13,16-39H2,1-2H3,(H,43,44)/b7-5-,12-11-,15-14-. The van der Waals surface area contributed by atoms with Crippen molar-refractivity contribution >= 4 is 11.9 Å². The number of hydrogen-bond donors (Lipinski definition) is 1. The summed E-state index contributed by atoms with van der Waals surface area (Å²) in [6, 6.07) is 0. The van der Waals surface area contributed by atoms with E-state index in [1.54, 1.807) is 0 Å². The van der Waals surface area contributed by atoms with Crippen LogP contribution in [0.25, 0.3) is 0 Å². The van der Waals surface area contributed by atoms with Gasteiger partial charge in [-0.1, -0.05) is 166 Å². The molecular formula is C42H76O4. The lowest BCUT2D eigenvalue weighted by Crippen LogP contribution is -2.18. The molecule has 0 aromatic carbocycles. The Hall–Kier alpha value is -1.84. The molecule has 0 amide bonds. The SMILES string of the molecule is CC/C=C\C/C=C\C/C=C\CCCCCCCCCC(=O)OC(CCCCCCCCC)CCCCCCCCCCCC(=O)O. The summed E-state index contributed by atoms with van der Waals surface area (Å²) in [5.74, 6) is -0.655. The van der Waals surface area contributed by atoms with Crippen molar-refractivity contribution < 1.29 is 19.4 Å². The van der Waals surface area contributed by atoms with Crippen molar-refractivity contribution in [1.82, 2.24) is 0 Å². The molecule has 0 bridgehead atoms. The molecule has 1 atom stereocenters. The second kappa shape index (κ2) is 37.6. The van der Waals surface area contributed by atoms with Crippen LogP contribution < -0.4 is 0 Å². The van der Waals surface area contributed by atoms with Crippen molar-refractivity contribution in [2.45, 2.75) is 219 Å². The topological polar surface area (TPSA) is 63.6 Å². The minimum absolute atomic E-state index is 0.0231. The van der Waals surface area contributed by atoms with Gasteiger partial charge in [0, 0.05) is 12.8 Å². The van der Waals surface area contributed by atoms with E-state index >= 15 is 0 Å². The minimum Gasteiger partial charge on any atom is -0.481 e. The Kier molecular flexibility index (Phi) is 36.1. The molecule has 1 unspecified atom stereocenters. The normalized spacial score (nSPS) is 12.6. The van der Waals surface area contributed by atoms with Crippen LogP contribution in [-0.2, 0) is 14.3 Å². The van der Waals surface area contributed by atoms with Gasteiger partial charge >= 0.3 is 11.9 Å². The second-order valence-electron chi connectivity index (χ2n) is 13.4. The molecule has 0 aliphatic carbocycles. The summed E-state index contributed by atoms with van der Waals surface area (Å²) >= 11 is 0. The number of allylic oxidation sites excluding steroid dienone is 6. The Bertz CT molecular complexity index is 738. The van der Waals surface area contributed by atoms with Crippen LogP contribution in [0.5, 0.6) is 0 Å². The molecule has 0 aromatic heterocycles. The van der Waals surface area contributed by atoms with Gasteiger partial charge in [0.15, 0.2) is 0 Å². The van der Waals surface area contributed by atoms with Gasteiger partial charge in [0.25, 0.3) is 0 Å². The molecule has 268 valence electrons. The Labute approximate surface area is 286 Å². The molecule has 0 heterocycles. The maximum atomic E-state index is 12.7. The average Bonchev–Trinajstić information content (AvgIpc) is 3.04.